The van der Waals surface area contributed by atoms with Gasteiger partial charge in [-0.05, 0) is 32.6 Å². The van der Waals surface area contributed by atoms with Crippen LogP contribution in [0.5, 0.6) is 0 Å². The van der Waals surface area contributed by atoms with Gasteiger partial charge in [0.25, 0.3) is 0 Å². The Kier molecular flexibility index (Phi) is 9.25. The minimum Gasteiger partial charge on any atom is -0.461 e. The lowest BCUT2D eigenvalue weighted by molar-refractivity contribution is -0.139. The molecular formula is C21H34N2O3S. The molecular weight excluding hydrogens is 360 g/mol. The van der Waals surface area contributed by atoms with E-state index in [0.29, 0.717) is 24.9 Å². The minimum atomic E-state index is -0.384. The number of hydrogen-bond donors (Lipinski definition) is 0. The molecule has 0 bridgehead atoms. The fourth-order valence-corrected chi connectivity index (χ4v) is 4.56. The van der Waals surface area contributed by atoms with Gasteiger partial charge in [0.1, 0.15) is 5.01 Å². The highest BCUT2D eigenvalue weighted by Gasteiger charge is 2.30. The Morgan fingerprint density at radius 2 is 2.00 bits per heavy atom. The van der Waals surface area contributed by atoms with E-state index in [4.69, 9.17) is 4.74 Å². The van der Waals surface area contributed by atoms with Crippen LogP contribution >= 0.6 is 11.3 Å². The molecule has 1 atom stereocenters. The van der Waals surface area contributed by atoms with E-state index in [-0.39, 0.29) is 17.8 Å². The molecule has 1 heterocycles. The van der Waals surface area contributed by atoms with Gasteiger partial charge in [0.15, 0.2) is 5.69 Å². The van der Waals surface area contributed by atoms with Crippen molar-refractivity contribution in [3.05, 3.63) is 16.1 Å². The Morgan fingerprint density at radius 3 is 2.63 bits per heavy atom. The second-order valence-corrected chi connectivity index (χ2v) is 8.29. The first kappa shape index (κ1) is 21.9. The van der Waals surface area contributed by atoms with Crippen LogP contribution in [0.25, 0.3) is 0 Å². The van der Waals surface area contributed by atoms with Crippen LogP contribution in [0.4, 0.5) is 0 Å². The molecule has 1 aliphatic carbocycles. The molecule has 152 valence electrons. The first-order chi connectivity index (χ1) is 13.1. The molecule has 0 spiro atoms. The van der Waals surface area contributed by atoms with Crippen LogP contribution in [0, 0.1) is 5.92 Å². The lowest BCUT2D eigenvalue weighted by Crippen LogP contribution is -2.44. The molecule has 0 unspecified atom stereocenters. The van der Waals surface area contributed by atoms with Crippen LogP contribution in [0.1, 0.15) is 94.1 Å². The maximum absolute atomic E-state index is 13.3. The summed E-state index contributed by atoms with van der Waals surface area (Å²) >= 11 is 1.44. The fourth-order valence-electron chi connectivity index (χ4n) is 3.79. The number of esters is 1. The zero-order valence-corrected chi connectivity index (χ0v) is 17.9. The third-order valence-electron chi connectivity index (χ3n) is 5.39. The molecule has 1 aromatic rings. The molecule has 5 nitrogen and oxygen atoms in total. The van der Waals surface area contributed by atoms with Crippen molar-refractivity contribution in [2.24, 2.45) is 5.92 Å². The first-order valence-electron chi connectivity index (χ1n) is 10.5. The maximum atomic E-state index is 13.3. The number of rotatable bonds is 10. The van der Waals surface area contributed by atoms with E-state index in [1.165, 1.54) is 30.6 Å². The number of amides is 1. The van der Waals surface area contributed by atoms with Crippen LogP contribution in [-0.2, 0) is 16.1 Å². The van der Waals surface area contributed by atoms with E-state index in [0.717, 1.165) is 43.5 Å². The Balaban J connectivity index is 2.14. The number of hydrogen-bond acceptors (Lipinski definition) is 5. The summed E-state index contributed by atoms with van der Waals surface area (Å²) in [6, 6.07) is 0.303. The third kappa shape index (κ3) is 6.30. The van der Waals surface area contributed by atoms with Crippen LogP contribution in [-0.4, -0.2) is 34.4 Å². The van der Waals surface area contributed by atoms with E-state index in [9.17, 15) is 9.59 Å². The standard InChI is InChI=1S/C21H34N2O3S/c1-4-7-11-16(5-2)20(24)23(17-12-9-8-10-13-17)14-19-22-18(15-27-19)21(25)26-6-3/h15-17H,4-14H2,1-3H3/t16-/m1/s1. The summed E-state index contributed by atoms with van der Waals surface area (Å²) in [5, 5.41) is 2.56. The molecule has 1 amide bonds. The molecule has 0 radical (unpaired) electrons. The molecule has 0 N–H and O–H groups in total. The third-order valence-corrected chi connectivity index (χ3v) is 6.22. The van der Waals surface area contributed by atoms with Crippen molar-refractivity contribution in [1.29, 1.82) is 0 Å². The monoisotopic (exact) mass is 394 g/mol. The molecule has 0 aliphatic heterocycles. The Hall–Kier alpha value is -1.43. The minimum absolute atomic E-state index is 0.0939. The maximum Gasteiger partial charge on any atom is 0.357 e. The van der Waals surface area contributed by atoms with Crippen molar-refractivity contribution in [3.63, 3.8) is 0 Å². The predicted molar refractivity (Wildman–Crippen MR) is 109 cm³/mol. The molecule has 1 saturated carbocycles. The van der Waals surface area contributed by atoms with E-state index < -0.39 is 0 Å². The van der Waals surface area contributed by atoms with Gasteiger partial charge in [0, 0.05) is 17.3 Å². The molecule has 0 aromatic carbocycles. The van der Waals surface area contributed by atoms with Gasteiger partial charge in [-0.25, -0.2) is 9.78 Å². The number of unbranched alkanes of at least 4 members (excludes halogenated alkanes) is 1. The predicted octanol–water partition coefficient (Wildman–Crippen LogP) is 5.20. The summed E-state index contributed by atoms with van der Waals surface area (Å²) in [6.07, 6.45) is 9.83. The van der Waals surface area contributed by atoms with Crippen molar-refractivity contribution < 1.29 is 14.3 Å². The van der Waals surface area contributed by atoms with E-state index in [2.05, 4.69) is 23.7 Å². The lowest BCUT2D eigenvalue weighted by atomic mass is 9.91. The van der Waals surface area contributed by atoms with Gasteiger partial charge < -0.3 is 9.64 Å². The zero-order valence-electron chi connectivity index (χ0n) is 17.0. The van der Waals surface area contributed by atoms with Gasteiger partial charge in [-0.15, -0.1) is 11.3 Å². The normalized spacial score (nSPS) is 16.1. The van der Waals surface area contributed by atoms with E-state index in [1.54, 1.807) is 12.3 Å². The Labute approximate surface area is 167 Å². The van der Waals surface area contributed by atoms with Crippen molar-refractivity contribution >= 4 is 23.2 Å². The van der Waals surface area contributed by atoms with Crippen molar-refractivity contribution in [2.75, 3.05) is 6.61 Å². The second kappa shape index (κ2) is 11.4. The summed E-state index contributed by atoms with van der Waals surface area (Å²) in [4.78, 5) is 31.7. The quantitative estimate of drug-likeness (QED) is 0.512. The fraction of sp³-hybridized carbons (Fsp3) is 0.762. The van der Waals surface area contributed by atoms with Crippen molar-refractivity contribution in [1.82, 2.24) is 9.88 Å². The Bertz CT molecular complexity index is 596. The Morgan fingerprint density at radius 1 is 1.26 bits per heavy atom. The molecule has 1 aliphatic rings. The highest BCUT2D eigenvalue weighted by molar-refractivity contribution is 7.09. The van der Waals surface area contributed by atoms with Crippen molar-refractivity contribution in [3.8, 4) is 0 Å². The lowest BCUT2D eigenvalue weighted by Gasteiger charge is -2.36. The molecule has 1 fully saturated rings. The van der Waals surface area contributed by atoms with E-state index in [1.807, 2.05) is 0 Å². The molecule has 27 heavy (non-hydrogen) atoms. The van der Waals surface area contributed by atoms with Crippen molar-refractivity contribution in [2.45, 2.75) is 91.1 Å². The van der Waals surface area contributed by atoms with Crippen LogP contribution in [0.2, 0.25) is 0 Å². The molecule has 2 rings (SSSR count). The first-order valence-corrected chi connectivity index (χ1v) is 11.4. The number of thiazole rings is 1. The molecule has 6 heteroatoms. The average molecular weight is 395 g/mol. The number of aromatic nitrogens is 1. The number of nitrogens with zero attached hydrogens (tertiary/aromatic N) is 2. The largest absolute Gasteiger partial charge is 0.461 e. The van der Waals surface area contributed by atoms with Gasteiger partial charge in [0.05, 0.1) is 13.2 Å². The topological polar surface area (TPSA) is 59.5 Å². The summed E-state index contributed by atoms with van der Waals surface area (Å²) in [5.74, 6) is -0.0213. The van der Waals surface area contributed by atoms with Crippen LogP contribution in [0.3, 0.4) is 0 Å². The number of carbonyl (C=O) groups excluding carboxylic acids is 2. The summed E-state index contributed by atoms with van der Waals surface area (Å²) in [7, 11) is 0. The van der Waals surface area contributed by atoms with Crippen LogP contribution in [0.15, 0.2) is 5.38 Å². The number of ether oxygens (including phenoxy) is 1. The number of carbonyl (C=O) groups is 2. The smallest absolute Gasteiger partial charge is 0.357 e. The highest BCUT2D eigenvalue weighted by Crippen LogP contribution is 2.28. The SMILES string of the molecule is CCCC[C@@H](CC)C(=O)N(Cc1nc(C(=O)OCC)cs1)C1CCCCC1. The summed E-state index contributed by atoms with van der Waals surface area (Å²) < 4.78 is 5.03. The van der Waals surface area contributed by atoms with Gasteiger partial charge in [-0.1, -0.05) is 46.0 Å². The summed E-state index contributed by atoms with van der Waals surface area (Å²) in [5.41, 5.74) is 0.353. The molecule has 1 aromatic heterocycles. The second-order valence-electron chi connectivity index (χ2n) is 7.35. The van der Waals surface area contributed by atoms with Gasteiger partial charge in [-0.2, -0.15) is 0 Å². The van der Waals surface area contributed by atoms with Gasteiger partial charge >= 0.3 is 5.97 Å². The van der Waals surface area contributed by atoms with Crippen LogP contribution < -0.4 is 0 Å². The highest BCUT2D eigenvalue weighted by atomic mass is 32.1. The molecule has 0 saturated heterocycles. The average Bonchev–Trinajstić information content (AvgIpc) is 3.16. The van der Waals surface area contributed by atoms with Gasteiger partial charge in [0.2, 0.25) is 5.91 Å². The van der Waals surface area contributed by atoms with Gasteiger partial charge in [-0.3, -0.25) is 4.79 Å². The van der Waals surface area contributed by atoms with E-state index >= 15 is 0 Å². The summed E-state index contributed by atoms with van der Waals surface area (Å²) in [6.45, 7) is 6.92. The zero-order chi connectivity index (χ0) is 19.6.